The Morgan fingerprint density at radius 3 is 0.923 bits per heavy atom. The minimum absolute atomic E-state index is 0.146. The second-order valence-corrected chi connectivity index (χ2v) is 36.0. The zero-order valence-corrected chi connectivity index (χ0v) is 76.8. The van der Waals surface area contributed by atoms with Crippen LogP contribution in [0.5, 0.6) is 0 Å². The molecule has 0 saturated carbocycles. The van der Waals surface area contributed by atoms with E-state index in [9.17, 15) is 55.5 Å². The van der Waals surface area contributed by atoms with Crippen LogP contribution in [0.4, 0.5) is 50.4 Å². The summed E-state index contributed by atoms with van der Waals surface area (Å²) in [5.74, 6) is -4.28. The fraction of sp³-hybridized carbons (Fsp3) is 0.135. The van der Waals surface area contributed by atoms with Crippen molar-refractivity contribution in [3.8, 4) is 56.3 Å². The summed E-state index contributed by atoms with van der Waals surface area (Å²) in [5, 5.41) is 72.2. The lowest BCUT2D eigenvalue weighted by atomic mass is 10.0. The van der Waals surface area contributed by atoms with Crippen LogP contribution in [0.1, 0.15) is 50.5 Å². The molecule has 4 saturated heterocycles. The molecule has 10 heterocycles. The summed E-state index contributed by atoms with van der Waals surface area (Å²) in [6.07, 6.45) is 3.52. The molecule has 15 aromatic carbocycles. The van der Waals surface area contributed by atoms with E-state index in [4.69, 9.17) is 9.47 Å². The quantitative estimate of drug-likeness (QED) is 0.0400. The van der Waals surface area contributed by atoms with Crippen LogP contribution in [0.15, 0.2) is 290 Å². The normalized spacial score (nSPS) is 15.4. The molecule has 4 aliphatic heterocycles. The first-order chi connectivity index (χ1) is 69.7. The highest BCUT2D eigenvalue weighted by Crippen LogP contribution is 2.40. The maximum atomic E-state index is 14.6. The molecule has 21 aromatic rings. The van der Waals surface area contributed by atoms with Gasteiger partial charge in [-0.2, -0.15) is 36.8 Å². The van der Waals surface area contributed by atoms with Gasteiger partial charge in [-0.05, 0) is 199 Å². The predicted molar refractivity (Wildman–Crippen MR) is 546 cm³/mol. The van der Waals surface area contributed by atoms with E-state index in [-0.39, 0.29) is 81.3 Å². The van der Waals surface area contributed by atoms with Crippen LogP contribution in [0.2, 0.25) is 0 Å². The fourth-order valence-electron chi connectivity index (χ4n) is 18.4. The van der Waals surface area contributed by atoms with Crippen molar-refractivity contribution >= 4 is 190 Å². The van der Waals surface area contributed by atoms with Crippen molar-refractivity contribution in [1.29, 1.82) is 0 Å². The van der Waals surface area contributed by atoms with E-state index in [1.807, 2.05) is 229 Å². The summed E-state index contributed by atoms with van der Waals surface area (Å²) in [6, 6.07) is 86.0. The van der Waals surface area contributed by atoms with Crippen LogP contribution in [-0.4, -0.2) is 130 Å². The van der Waals surface area contributed by atoms with Gasteiger partial charge in [0.2, 0.25) is 35.4 Å². The van der Waals surface area contributed by atoms with Gasteiger partial charge in [0, 0.05) is 109 Å². The van der Waals surface area contributed by atoms with Gasteiger partial charge in [-0.3, -0.25) is 59.1 Å². The number of carbonyl (C=O) groups is 7. The average Bonchev–Trinajstić information content (AvgIpc) is 1.70. The van der Waals surface area contributed by atoms with Crippen molar-refractivity contribution < 1.29 is 65.0 Å². The minimum Gasteiger partial charge on any atom is -0.381 e. The molecule has 710 valence electrons. The molecule has 4 aliphatic rings. The Morgan fingerprint density at radius 2 is 0.643 bits per heavy atom. The molecule has 0 radical (unpaired) electrons. The van der Waals surface area contributed by atoms with Crippen molar-refractivity contribution in [2.24, 2.45) is 5.92 Å². The van der Waals surface area contributed by atoms with Crippen LogP contribution < -0.4 is 37.2 Å². The third-order valence-corrected chi connectivity index (χ3v) is 26.4. The van der Waals surface area contributed by atoms with Crippen molar-refractivity contribution in [2.45, 2.75) is 69.6 Å². The first-order valence-corrected chi connectivity index (χ1v) is 47.3. The van der Waals surface area contributed by atoms with Gasteiger partial charge >= 0.3 is 0 Å². The maximum absolute atomic E-state index is 14.6. The zero-order chi connectivity index (χ0) is 97.9. The van der Waals surface area contributed by atoms with E-state index in [0.717, 1.165) is 105 Å². The van der Waals surface area contributed by atoms with Crippen molar-refractivity contribution in [3.63, 3.8) is 0 Å². The number of halogens is 5. The lowest BCUT2D eigenvalue weighted by Gasteiger charge is -2.11. The SMILES string of the molecule is O=C(Cc1ccsc1)Nc1cc(F)c2n[nH]c(-c3ccc4ccccc4c3)c2c1.O=C(Nc1cc(F)c2n[nH]c(-c3ccc4ccccc4c3)c2c1)C1CCCO1.O=C(Nc1cc(F)c2n[nH]c(-c3ccc4ccccc4c3)c2c1)C1CCOC1.O=C1CC[C@@H](C(=O)Nc2cc(F)c3n[nH]c(-c4ccc5ccccc5c4)c3c2)N1.O=C1CC[C@H](C(=O)Nc2cc(F)c3n[nH]c(-c4ccc5ccccc5c4)c3c2)N1. The lowest BCUT2D eigenvalue weighted by Crippen LogP contribution is -2.37. The summed E-state index contributed by atoms with van der Waals surface area (Å²) in [5.41, 5.74) is 12.0. The van der Waals surface area contributed by atoms with Gasteiger partial charge < -0.3 is 46.7 Å². The Kier molecular flexibility index (Phi) is 25.8. The van der Waals surface area contributed by atoms with E-state index >= 15 is 0 Å². The molecule has 4 atom stereocenters. The summed E-state index contributed by atoms with van der Waals surface area (Å²) < 4.78 is 83.7. The number of nitrogens with zero attached hydrogens (tertiary/aromatic N) is 5. The highest BCUT2D eigenvalue weighted by Gasteiger charge is 2.32. The Hall–Kier alpha value is -17.5. The molecule has 25 rings (SSSR count). The van der Waals surface area contributed by atoms with Gasteiger partial charge in [0.1, 0.15) is 45.8 Å². The number of anilines is 5. The molecule has 4 fully saturated rings. The highest BCUT2D eigenvalue weighted by molar-refractivity contribution is 7.08. The molecule has 2 unspecified atom stereocenters. The van der Waals surface area contributed by atoms with E-state index in [1.165, 1.54) is 30.3 Å². The Morgan fingerprint density at radius 1 is 0.336 bits per heavy atom. The molecule has 12 N–H and O–H groups in total. The number of nitrogens with one attached hydrogen (secondary N) is 12. The second kappa shape index (κ2) is 40.1. The Labute approximate surface area is 814 Å². The first kappa shape index (κ1) is 91.9. The van der Waals surface area contributed by atoms with Gasteiger partial charge in [0.05, 0.1) is 47.4 Å². The van der Waals surface area contributed by atoms with E-state index in [0.29, 0.717) is 131 Å². The number of ether oxygens (including phenoxy) is 2. The minimum atomic E-state index is -0.592. The number of benzene rings is 15. The first-order valence-electron chi connectivity index (χ1n) is 46.4. The topological polar surface area (TPSA) is 366 Å². The molecule has 6 aromatic heterocycles. The largest absolute Gasteiger partial charge is 0.381 e. The smallest absolute Gasteiger partial charge is 0.253 e. The van der Waals surface area contributed by atoms with Gasteiger partial charge in [0.25, 0.3) is 5.91 Å². The van der Waals surface area contributed by atoms with Gasteiger partial charge in [-0.15, -0.1) is 0 Å². The van der Waals surface area contributed by atoms with Crippen molar-refractivity contribution in [2.75, 3.05) is 46.4 Å². The van der Waals surface area contributed by atoms with E-state index in [2.05, 4.69) is 88.2 Å². The monoisotopic (exact) mass is 1930 g/mol. The number of amides is 7. The highest BCUT2D eigenvalue weighted by atomic mass is 32.1. The molecule has 143 heavy (non-hydrogen) atoms. The number of carbonyl (C=O) groups excluding carboxylic acids is 7. The number of hydrogen-bond donors (Lipinski definition) is 12. The molecule has 0 aliphatic carbocycles. The number of rotatable bonds is 16. The van der Waals surface area contributed by atoms with E-state index in [1.54, 1.807) is 41.7 Å². The summed E-state index contributed by atoms with van der Waals surface area (Å²) >= 11 is 1.54. The number of thiophene rings is 1. The molecule has 0 spiro atoms. The Balaban J connectivity index is 0.000000106. The number of hydrogen-bond acceptors (Lipinski definition) is 15. The molecule has 26 nitrogen and oxygen atoms in total. The summed E-state index contributed by atoms with van der Waals surface area (Å²) in [6.45, 7) is 1.57. The third-order valence-electron chi connectivity index (χ3n) is 25.7. The van der Waals surface area contributed by atoms with Crippen LogP contribution in [0.3, 0.4) is 0 Å². The fourth-order valence-corrected chi connectivity index (χ4v) is 19.1. The number of aromatic nitrogens is 10. The third kappa shape index (κ3) is 19.9. The van der Waals surface area contributed by atoms with Crippen molar-refractivity contribution in [3.05, 3.63) is 324 Å². The molecular weight excluding hydrogens is 1840 g/mol. The molecular formula is C111H86F5N17O9S. The molecule has 7 amide bonds. The lowest BCUT2D eigenvalue weighted by molar-refractivity contribution is -0.124. The van der Waals surface area contributed by atoms with Crippen LogP contribution in [0, 0.1) is 35.0 Å². The predicted octanol–water partition coefficient (Wildman–Crippen LogP) is 22.4. The number of aromatic amines is 5. The zero-order valence-electron chi connectivity index (χ0n) is 76.0. The Bertz CT molecular complexity index is 8200. The van der Waals surface area contributed by atoms with Gasteiger partial charge in [-0.25, -0.2) is 22.0 Å². The summed E-state index contributed by atoms with van der Waals surface area (Å²) in [4.78, 5) is 84.4. The molecule has 0 bridgehead atoms. The average molecular weight is 1930 g/mol. The summed E-state index contributed by atoms with van der Waals surface area (Å²) in [7, 11) is 0. The van der Waals surface area contributed by atoms with Crippen LogP contribution in [-0.2, 0) is 49.5 Å². The number of fused-ring (bicyclic) bond motifs is 10. The van der Waals surface area contributed by atoms with Crippen LogP contribution in [0.25, 0.3) is 165 Å². The van der Waals surface area contributed by atoms with E-state index < -0.39 is 47.3 Å². The van der Waals surface area contributed by atoms with Gasteiger partial charge in [-0.1, -0.05) is 182 Å². The number of H-pyrrole nitrogens is 5. The second-order valence-electron chi connectivity index (χ2n) is 35.3. The van der Waals surface area contributed by atoms with Crippen LogP contribution >= 0.6 is 11.3 Å². The standard InChI is InChI=1S/C23H16FN3OS.2C22H17FN4O2.2C22H18FN3O2/c24-20-12-18(25-21(28)9-14-7-8-29-13-14)11-19-22(26-27-23(19)20)17-6-5-15-3-1-2-4-16(15)10-17;2*23-17-11-15(24-22(29)18-7-8-19(28)25-18)10-16-20(26-27-21(16)17)14-6-5-12-3-1-2-4-13(12)9-14;23-18-12-16(24-22(27)19-6-3-9-28-19)11-17-20(25-26-21(17)18)15-8-7-13-4-1-2-5-14(13)10-15;23-19-11-17(24-22(27)16-7-8-28-12-16)10-18-20(25-26-21(18)19)15-6-5-13-3-1-2-4-14(13)9-15/h1-8,10-13H,9H2,(H,25,28)(H,26,27);2*1-6,9-11,18H,7-8H2,(H,24,29)(H,25,28)(H,26,27);1-2,4-5,7-8,10-12,19H,3,6,9H2,(H,24,27)(H,25,26);1-6,9-11,16H,7-8,12H2,(H,24,27)(H,25,26)/t;2*18-;;/m.10../s1. The molecule has 32 heteroatoms. The van der Waals surface area contributed by atoms with Crippen molar-refractivity contribution in [1.82, 2.24) is 61.6 Å². The van der Waals surface area contributed by atoms with Gasteiger partial charge in [0.15, 0.2) is 29.1 Å². The maximum Gasteiger partial charge on any atom is 0.253 e.